The summed E-state index contributed by atoms with van der Waals surface area (Å²) < 4.78 is 0. The summed E-state index contributed by atoms with van der Waals surface area (Å²) in [4.78, 5) is 0. The van der Waals surface area contributed by atoms with Gasteiger partial charge in [-0.2, -0.15) is 0 Å². The van der Waals surface area contributed by atoms with Gasteiger partial charge in [0.05, 0.1) is 0 Å². The van der Waals surface area contributed by atoms with Crippen LogP contribution in [-0.2, 0) is 38.9 Å². The predicted octanol–water partition coefficient (Wildman–Crippen LogP) is 11.8. The highest BCUT2D eigenvalue weighted by atomic mass is 14.4. The number of rotatable bonds is 3. The van der Waals surface area contributed by atoms with E-state index in [0.29, 0.717) is 5.92 Å². The Bertz CT molecular complexity index is 1130. The molecule has 0 radical (unpaired) electrons. The van der Waals surface area contributed by atoms with Crippen LogP contribution in [-0.4, -0.2) is 0 Å². The van der Waals surface area contributed by atoms with Crippen LogP contribution in [0.25, 0.3) is 0 Å². The van der Waals surface area contributed by atoms with Crippen molar-refractivity contribution >= 4 is 0 Å². The minimum absolute atomic E-state index is 0.0370. The van der Waals surface area contributed by atoms with E-state index in [9.17, 15) is 0 Å². The van der Waals surface area contributed by atoms with Gasteiger partial charge in [0.1, 0.15) is 0 Å². The Hall–Kier alpha value is -1.56. The summed E-state index contributed by atoms with van der Waals surface area (Å²) in [7, 11) is 0. The van der Waals surface area contributed by atoms with Crippen LogP contribution in [0.4, 0.5) is 0 Å². The lowest BCUT2D eigenvalue weighted by atomic mass is 9.63. The van der Waals surface area contributed by atoms with E-state index in [0.717, 1.165) is 6.42 Å². The van der Waals surface area contributed by atoms with Crippen molar-refractivity contribution in [1.29, 1.82) is 0 Å². The monoisotopic (exact) mass is 533 g/mol. The standard InChI is InChI=1S/C39H64/c1-25(31-27(34(2,3)4)21-20-22-28(31)35(5,6)7)23-26-29(36(8,9)10)24-30(37(11,12)13)33(39(17,18)19)32(26)38(14,15)16/h20-22,24-25H,23H2,1-19H3. The number of hydrogen-bond donors (Lipinski definition) is 0. The van der Waals surface area contributed by atoms with Gasteiger partial charge >= 0.3 is 0 Å². The molecule has 2 rings (SSSR count). The van der Waals surface area contributed by atoms with Gasteiger partial charge in [0.15, 0.2) is 0 Å². The van der Waals surface area contributed by atoms with Gasteiger partial charge in [-0.25, -0.2) is 0 Å². The maximum absolute atomic E-state index is 2.61. The molecule has 0 spiro atoms. The molecule has 0 saturated heterocycles. The summed E-state index contributed by atoms with van der Waals surface area (Å²) >= 11 is 0. The first-order valence-electron chi connectivity index (χ1n) is 15.4. The van der Waals surface area contributed by atoms with Crippen LogP contribution in [0.1, 0.15) is 182 Å². The van der Waals surface area contributed by atoms with Crippen LogP contribution in [0.5, 0.6) is 0 Å². The summed E-state index contributed by atoms with van der Waals surface area (Å²) in [6, 6.07) is 9.67. The summed E-state index contributed by atoms with van der Waals surface area (Å²) in [5.74, 6) is 0.408. The molecule has 0 N–H and O–H groups in total. The molecule has 0 saturated carbocycles. The fourth-order valence-electron chi connectivity index (χ4n) is 6.62. The zero-order valence-electron chi connectivity index (χ0n) is 29.6. The van der Waals surface area contributed by atoms with Gasteiger partial charge in [-0.1, -0.05) is 156 Å². The first-order valence-corrected chi connectivity index (χ1v) is 15.4. The molecular formula is C39H64. The second kappa shape index (κ2) is 10.4. The molecule has 1 unspecified atom stereocenters. The van der Waals surface area contributed by atoms with E-state index in [-0.39, 0.29) is 32.5 Å². The summed E-state index contributed by atoms with van der Waals surface area (Å²) in [6.45, 7) is 45.8. The topological polar surface area (TPSA) is 0 Å². The molecule has 39 heavy (non-hydrogen) atoms. The number of benzene rings is 2. The molecule has 2 aromatic carbocycles. The minimum Gasteiger partial charge on any atom is -0.0617 e. The van der Waals surface area contributed by atoms with Crippen molar-refractivity contribution in [3.8, 4) is 0 Å². The molecule has 0 aliphatic heterocycles. The molecule has 0 nitrogen and oxygen atoms in total. The van der Waals surface area contributed by atoms with E-state index in [2.05, 4.69) is 156 Å². The summed E-state index contributed by atoms with van der Waals surface area (Å²) in [5, 5.41) is 0. The van der Waals surface area contributed by atoms with Crippen molar-refractivity contribution < 1.29 is 0 Å². The minimum atomic E-state index is 0.0370. The third kappa shape index (κ3) is 7.40. The lowest BCUT2D eigenvalue weighted by Gasteiger charge is -2.42. The van der Waals surface area contributed by atoms with E-state index in [4.69, 9.17) is 0 Å². The zero-order valence-corrected chi connectivity index (χ0v) is 29.6. The molecular weight excluding hydrogens is 468 g/mol. The second-order valence-electron chi connectivity index (χ2n) is 18.6. The Morgan fingerprint density at radius 1 is 0.462 bits per heavy atom. The van der Waals surface area contributed by atoms with Crippen molar-refractivity contribution in [2.75, 3.05) is 0 Å². The van der Waals surface area contributed by atoms with Crippen molar-refractivity contribution in [2.24, 2.45) is 0 Å². The fourth-order valence-corrected chi connectivity index (χ4v) is 6.62. The SMILES string of the molecule is CC(Cc1c(C(C)(C)C)cc(C(C)(C)C)c(C(C)(C)C)c1C(C)(C)C)c1c(C(C)(C)C)cccc1C(C)(C)C. The van der Waals surface area contributed by atoms with E-state index < -0.39 is 0 Å². The quantitative estimate of drug-likeness (QED) is 0.369. The largest absolute Gasteiger partial charge is 0.0617 e. The van der Waals surface area contributed by atoms with E-state index >= 15 is 0 Å². The number of hydrogen-bond acceptors (Lipinski definition) is 0. The van der Waals surface area contributed by atoms with Crippen LogP contribution in [0.3, 0.4) is 0 Å². The summed E-state index contributed by atoms with van der Waals surface area (Å²) in [5.41, 5.74) is 12.8. The van der Waals surface area contributed by atoms with Crippen LogP contribution in [0, 0.1) is 0 Å². The Morgan fingerprint density at radius 2 is 0.821 bits per heavy atom. The zero-order chi connectivity index (χ0) is 30.7. The molecule has 0 heteroatoms. The molecule has 0 fully saturated rings. The lowest BCUT2D eigenvalue weighted by molar-refractivity contribution is 0.480. The van der Waals surface area contributed by atoms with Crippen molar-refractivity contribution in [3.63, 3.8) is 0 Å². The third-order valence-corrected chi connectivity index (χ3v) is 8.28. The Kier molecular flexibility index (Phi) is 8.94. The van der Waals surface area contributed by atoms with Gasteiger partial charge in [-0.15, -0.1) is 0 Å². The van der Waals surface area contributed by atoms with E-state index in [1.54, 1.807) is 22.3 Å². The molecule has 0 aliphatic rings. The van der Waals surface area contributed by atoms with E-state index in [1.165, 1.54) is 22.3 Å². The smallest absolute Gasteiger partial charge is 0.0126 e. The predicted molar refractivity (Wildman–Crippen MR) is 177 cm³/mol. The van der Waals surface area contributed by atoms with Gasteiger partial charge < -0.3 is 0 Å². The molecule has 0 heterocycles. The molecule has 2 aromatic rings. The van der Waals surface area contributed by atoms with Crippen molar-refractivity contribution in [2.45, 2.75) is 176 Å². The van der Waals surface area contributed by atoms with Gasteiger partial charge in [0.2, 0.25) is 0 Å². The highest BCUT2D eigenvalue weighted by Gasteiger charge is 2.38. The normalized spacial score (nSPS) is 15.1. The van der Waals surface area contributed by atoms with E-state index in [1.807, 2.05) is 0 Å². The average molecular weight is 533 g/mol. The second-order valence-corrected chi connectivity index (χ2v) is 18.6. The highest BCUT2D eigenvalue weighted by Crippen LogP contribution is 2.48. The van der Waals surface area contributed by atoms with Crippen LogP contribution in [0.15, 0.2) is 24.3 Å². The highest BCUT2D eigenvalue weighted by molar-refractivity contribution is 5.57. The summed E-state index contributed by atoms with van der Waals surface area (Å²) in [6.07, 6.45) is 1.06. The first-order chi connectivity index (χ1) is 17.1. The molecule has 0 aliphatic carbocycles. The molecule has 0 aromatic heterocycles. The van der Waals surface area contributed by atoms with Crippen LogP contribution >= 0.6 is 0 Å². The molecule has 1 atom stereocenters. The van der Waals surface area contributed by atoms with Crippen LogP contribution < -0.4 is 0 Å². The Balaban J connectivity index is 3.12. The molecule has 220 valence electrons. The van der Waals surface area contributed by atoms with Crippen LogP contribution in [0.2, 0.25) is 0 Å². The maximum atomic E-state index is 2.61. The van der Waals surface area contributed by atoms with Gasteiger partial charge in [0.25, 0.3) is 0 Å². The van der Waals surface area contributed by atoms with Gasteiger partial charge in [-0.3, -0.25) is 0 Å². The van der Waals surface area contributed by atoms with Gasteiger partial charge in [0, 0.05) is 0 Å². The fraction of sp³-hybridized carbons (Fsp3) is 0.692. The van der Waals surface area contributed by atoms with Crippen molar-refractivity contribution in [1.82, 2.24) is 0 Å². The Labute approximate surface area is 244 Å². The lowest BCUT2D eigenvalue weighted by Crippen LogP contribution is -2.32. The third-order valence-electron chi connectivity index (χ3n) is 8.28. The maximum Gasteiger partial charge on any atom is -0.0126 e. The Morgan fingerprint density at radius 3 is 1.13 bits per heavy atom. The average Bonchev–Trinajstić information content (AvgIpc) is 2.68. The first kappa shape index (κ1) is 33.6. The van der Waals surface area contributed by atoms with Gasteiger partial charge in [-0.05, 0) is 89.3 Å². The molecule has 0 amide bonds. The molecule has 0 bridgehead atoms. The van der Waals surface area contributed by atoms with Crippen molar-refractivity contribution in [3.05, 3.63) is 68.8 Å².